The second-order valence-corrected chi connectivity index (χ2v) is 3.19. The Morgan fingerprint density at radius 3 is 2.12 bits per heavy atom. The molecule has 1 rings (SSSR count). The van der Waals surface area contributed by atoms with Crippen molar-refractivity contribution in [2.24, 2.45) is 0 Å². The summed E-state index contributed by atoms with van der Waals surface area (Å²) in [5.74, 6) is -1.95. The van der Waals surface area contributed by atoms with Gasteiger partial charge in [-0.1, -0.05) is 6.07 Å². The topological polar surface area (TPSA) is 93.1 Å². The van der Waals surface area contributed by atoms with Crippen LogP contribution in [0.2, 0.25) is 0 Å². The van der Waals surface area contributed by atoms with Crippen molar-refractivity contribution < 1.29 is 29.9 Å². The smallest absolute Gasteiger partial charge is 0.295 e. The molecule has 0 heterocycles. The van der Waals surface area contributed by atoms with Gasteiger partial charge in [-0.15, -0.1) is 0 Å². The Labute approximate surface area is 90.9 Å². The molecule has 0 saturated carbocycles. The van der Waals surface area contributed by atoms with Crippen LogP contribution in [0.4, 0.5) is 0 Å². The molecular weight excluding hydrogens is 216 g/mol. The molecule has 0 saturated heterocycles. The molecule has 86 valence electrons. The summed E-state index contributed by atoms with van der Waals surface area (Å²) in [4.78, 5) is 29.5. The van der Waals surface area contributed by atoms with Gasteiger partial charge in [0.2, 0.25) is 0 Å². The lowest BCUT2D eigenvalue weighted by molar-refractivity contribution is -0.183. The van der Waals surface area contributed by atoms with E-state index < -0.39 is 11.9 Å². The Bertz CT molecular complexity index is 437. The monoisotopic (exact) mass is 226 g/mol. The molecule has 16 heavy (non-hydrogen) atoms. The normalized spacial score (nSPS) is 9.75. The zero-order valence-electron chi connectivity index (χ0n) is 8.68. The maximum atomic E-state index is 11.2. The van der Waals surface area contributed by atoms with Crippen molar-refractivity contribution in [3.05, 3.63) is 34.4 Å². The Morgan fingerprint density at radius 2 is 1.62 bits per heavy atom. The standard InChI is InChI=1S/C10H10O6/c1-5-3-4-7(9(11)15-13)6(2)8(5)10(12)16-14/h3-4,13-14H,1-2H3. The van der Waals surface area contributed by atoms with Crippen LogP contribution >= 0.6 is 0 Å². The van der Waals surface area contributed by atoms with Crippen LogP contribution in [-0.4, -0.2) is 22.5 Å². The zero-order chi connectivity index (χ0) is 12.3. The molecule has 2 N–H and O–H groups in total. The molecule has 0 aliphatic rings. The van der Waals surface area contributed by atoms with E-state index in [1.54, 1.807) is 6.92 Å². The van der Waals surface area contributed by atoms with Crippen LogP contribution in [0.25, 0.3) is 0 Å². The highest BCUT2D eigenvalue weighted by Gasteiger charge is 2.20. The number of benzene rings is 1. The fourth-order valence-corrected chi connectivity index (χ4v) is 1.48. The number of hydrogen-bond acceptors (Lipinski definition) is 6. The van der Waals surface area contributed by atoms with Crippen molar-refractivity contribution in [3.8, 4) is 0 Å². The summed E-state index contributed by atoms with van der Waals surface area (Å²) < 4.78 is 0. The third-order valence-electron chi connectivity index (χ3n) is 2.26. The van der Waals surface area contributed by atoms with Crippen molar-refractivity contribution >= 4 is 11.9 Å². The van der Waals surface area contributed by atoms with Crippen LogP contribution in [0.15, 0.2) is 12.1 Å². The van der Waals surface area contributed by atoms with E-state index in [-0.39, 0.29) is 16.7 Å². The van der Waals surface area contributed by atoms with Gasteiger partial charge in [0.25, 0.3) is 0 Å². The Balaban J connectivity index is 3.38. The fraction of sp³-hybridized carbons (Fsp3) is 0.200. The van der Waals surface area contributed by atoms with Crippen molar-refractivity contribution in [2.75, 3.05) is 0 Å². The van der Waals surface area contributed by atoms with E-state index in [1.165, 1.54) is 19.1 Å². The molecule has 0 radical (unpaired) electrons. The highest BCUT2D eigenvalue weighted by molar-refractivity contribution is 5.98. The van der Waals surface area contributed by atoms with Crippen molar-refractivity contribution in [1.82, 2.24) is 0 Å². The highest BCUT2D eigenvalue weighted by atomic mass is 17.1. The van der Waals surface area contributed by atoms with Crippen LogP contribution < -0.4 is 0 Å². The highest BCUT2D eigenvalue weighted by Crippen LogP contribution is 2.19. The molecule has 0 unspecified atom stereocenters. The van der Waals surface area contributed by atoms with Crippen LogP contribution in [0.1, 0.15) is 31.8 Å². The summed E-state index contributed by atoms with van der Waals surface area (Å²) >= 11 is 0. The van der Waals surface area contributed by atoms with Gasteiger partial charge in [-0.05, 0) is 31.0 Å². The van der Waals surface area contributed by atoms with E-state index in [0.29, 0.717) is 5.56 Å². The predicted molar refractivity (Wildman–Crippen MR) is 52.0 cm³/mol. The molecule has 0 aliphatic heterocycles. The molecule has 0 aromatic heterocycles. The minimum absolute atomic E-state index is 0.0218. The van der Waals surface area contributed by atoms with E-state index in [1.807, 2.05) is 0 Å². The molecule has 0 fully saturated rings. The minimum Gasteiger partial charge on any atom is -0.295 e. The molecule has 6 heteroatoms. The summed E-state index contributed by atoms with van der Waals surface area (Å²) in [6.07, 6.45) is 0. The van der Waals surface area contributed by atoms with Gasteiger partial charge in [-0.2, -0.15) is 10.5 Å². The van der Waals surface area contributed by atoms with E-state index in [9.17, 15) is 9.59 Å². The molecule has 6 nitrogen and oxygen atoms in total. The first-order valence-corrected chi connectivity index (χ1v) is 4.34. The van der Waals surface area contributed by atoms with Crippen molar-refractivity contribution in [3.63, 3.8) is 0 Å². The fourth-order valence-electron chi connectivity index (χ4n) is 1.48. The van der Waals surface area contributed by atoms with E-state index in [0.717, 1.165) is 0 Å². The second-order valence-electron chi connectivity index (χ2n) is 3.19. The quantitative estimate of drug-likeness (QED) is 0.587. The Kier molecular flexibility index (Phi) is 3.60. The van der Waals surface area contributed by atoms with Gasteiger partial charge in [0, 0.05) is 0 Å². The number of hydrogen-bond donors (Lipinski definition) is 2. The van der Waals surface area contributed by atoms with E-state index in [2.05, 4.69) is 9.78 Å². The van der Waals surface area contributed by atoms with Gasteiger partial charge in [0.05, 0.1) is 11.1 Å². The third-order valence-corrected chi connectivity index (χ3v) is 2.26. The largest absolute Gasteiger partial charge is 0.373 e. The molecule has 0 amide bonds. The molecule has 0 aliphatic carbocycles. The summed E-state index contributed by atoms with van der Waals surface area (Å²) in [5, 5.41) is 16.6. The van der Waals surface area contributed by atoms with Crippen molar-refractivity contribution in [2.45, 2.75) is 13.8 Å². The number of carbonyl (C=O) groups excluding carboxylic acids is 2. The van der Waals surface area contributed by atoms with Crippen LogP contribution in [-0.2, 0) is 9.78 Å². The maximum Gasteiger partial charge on any atom is 0.373 e. The van der Waals surface area contributed by atoms with Crippen LogP contribution in [0.3, 0.4) is 0 Å². The van der Waals surface area contributed by atoms with Crippen LogP contribution in [0.5, 0.6) is 0 Å². The Morgan fingerprint density at radius 1 is 1.06 bits per heavy atom. The van der Waals surface area contributed by atoms with E-state index in [4.69, 9.17) is 10.5 Å². The molecule has 1 aromatic rings. The Hall–Kier alpha value is -1.92. The number of aryl methyl sites for hydroxylation is 1. The van der Waals surface area contributed by atoms with Gasteiger partial charge in [0.15, 0.2) is 0 Å². The van der Waals surface area contributed by atoms with Gasteiger partial charge in [0.1, 0.15) is 0 Å². The van der Waals surface area contributed by atoms with Gasteiger partial charge < -0.3 is 0 Å². The second kappa shape index (κ2) is 4.73. The zero-order valence-corrected chi connectivity index (χ0v) is 8.68. The predicted octanol–water partition coefficient (Wildman–Crippen LogP) is 1.56. The summed E-state index contributed by atoms with van der Waals surface area (Å²) in [6.45, 7) is 3.10. The average molecular weight is 226 g/mol. The van der Waals surface area contributed by atoms with E-state index >= 15 is 0 Å². The minimum atomic E-state index is -0.982. The summed E-state index contributed by atoms with van der Waals surface area (Å²) in [5.41, 5.74) is 0.878. The van der Waals surface area contributed by atoms with Gasteiger partial charge in [-0.25, -0.2) is 9.59 Å². The van der Waals surface area contributed by atoms with Gasteiger partial charge in [-0.3, -0.25) is 9.78 Å². The lowest BCUT2D eigenvalue weighted by Crippen LogP contribution is -2.12. The van der Waals surface area contributed by atoms with Gasteiger partial charge >= 0.3 is 11.9 Å². The molecule has 1 aromatic carbocycles. The van der Waals surface area contributed by atoms with Crippen molar-refractivity contribution in [1.29, 1.82) is 0 Å². The SMILES string of the molecule is Cc1ccc(C(=O)OO)c(C)c1C(=O)OO. The average Bonchev–Trinajstić information content (AvgIpc) is 2.28. The lowest BCUT2D eigenvalue weighted by atomic mass is 9.98. The lowest BCUT2D eigenvalue weighted by Gasteiger charge is -2.09. The first-order valence-electron chi connectivity index (χ1n) is 4.34. The molecule has 0 bridgehead atoms. The molecule has 0 atom stereocenters. The molecule has 0 spiro atoms. The summed E-state index contributed by atoms with van der Waals surface area (Å²) in [6, 6.07) is 2.88. The maximum absolute atomic E-state index is 11.2. The first kappa shape index (κ1) is 12.2. The summed E-state index contributed by atoms with van der Waals surface area (Å²) in [7, 11) is 0. The third kappa shape index (κ3) is 2.02. The number of rotatable bonds is 2. The number of carbonyl (C=O) groups is 2. The van der Waals surface area contributed by atoms with Crippen LogP contribution in [0, 0.1) is 13.8 Å². The molecular formula is C10H10O6. The first-order chi connectivity index (χ1) is 7.52.